The first-order valence-corrected chi connectivity index (χ1v) is 8.94. The van der Waals surface area contributed by atoms with Gasteiger partial charge in [0.2, 0.25) is 0 Å². The summed E-state index contributed by atoms with van der Waals surface area (Å²) in [5.74, 6) is 1.85. The number of hydrogen-bond acceptors (Lipinski definition) is 0. The average molecular weight is 253 g/mol. The van der Waals surface area contributed by atoms with Crippen LogP contribution in [-0.4, -0.2) is 15.2 Å². The van der Waals surface area contributed by atoms with Gasteiger partial charge in [-0.1, -0.05) is 0 Å². The predicted octanol–water partition coefficient (Wildman–Crippen LogP) is 5.67. The maximum absolute atomic E-state index is 2.44. The Morgan fingerprint density at radius 2 is 1.00 bits per heavy atom. The molecule has 1 heteroatoms. The van der Waals surface area contributed by atoms with Crippen LogP contribution >= 0.6 is 0 Å². The molecule has 0 fully saturated rings. The van der Waals surface area contributed by atoms with Crippen molar-refractivity contribution in [3.63, 3.8) is 0 Å². The third kappa shape index (κ3) is 12.8. The fourth-order valence-electron chi connectivity index (χ4n) is 2.92. The molecule has 0 heterocycles. The summed E-state index contributed by atoms with van der Waals surface area (Å²) in [5.41, 5.74) is 1.02. The fraction of sp³-hybridized carbons (Fsp3) is 1.00. The zero-order chi connectivity index (χ0) is 13.7. The van der Waals surface area contributed by atoms with Crippen molar-refractivity contribution in [1.29, 1.82) is 0 Å². The molecule has 0 bridgehead atoms. The number of hydrogen-bond donors (Lipinski definition) is 0. The van der Waals surface area contributed by atoms with Gasteiger partial charge in [0.25, 0.3) is 0 Å². The molecule has 0 saturated carbocycles. The summed E-state index contributed by atoms with van der Waals surface area (Å²) in [5, 5.41) is 2.98. The van der Waals surface area contributed by atoms with Gasteiger partial charge in [-0.15, -0.1) is 0 Å². The minimum absolute atomic E-state index is 0.510. The maximum atomic E-state index is 2.44. The molecular weight excluding hydrogens is 219 g/mol. The van der Waals surface area contributed by atoms with E-state index in [2.05, 4.69) is 55.4 Å². The van der Waals surface area contributed by atoms with Gasteiger partial charge in [0.15, 0.2) is 0 Å². The van der Waals surface area contributed by atoms with E-state index in [0.717, 1.165) is 11.8 Å². The van der Waals surface area contributed by atoms with Crippen molar-refractivity contribution in [3.05, 3.63) is 0 Å². The Labute approximate surface area is 117 Å². The van der Waals surface area contributed by atoms with E-state index in [9.17, 15) is 0 Å². The van der Waals surface area contributed by atoms with Crippen LogP contribution in [0.4, 0.5) is 0 Å². The van der Waals surface area contributed by atoms with Crippen LogP contribution in [0.15, 0.2) is 0 Å². The van der Waals surface area contributed by atoms with Gasteiger partial charge in [0.05, 0.1) is 0 Å². The van der Waals surface area contributed by atoms with Crippen molar-refractivity contribution in [2.75, 3.05) is 0 Å². The topological polar surface area (TPSA) is 0 Å². The van der Waals surface area contributed by atoms with Gasteiger partial charge < -0.3 is 0 Å². The Bertz CT molecular complexity index is 173. The SMILES string of the molecule is CC([CH2][Al+][CH2]C(C)CC(C)(C)C)CC(C)(C)C. The van der Waals surface area contributed by atoms with Crippen molar-refractivity contribution in [1.82, 2.24) is 0 Å². The van der Waals surface area contributed by atoms with E-state index in [1.807, 2.05) is 0 Å². The quantitative estimate of drug-likeness (QED) is 0.535. The third-order valence-electron chi connectivity index (χ3n) is 3.06. The van der Waals surface area contributed by atoms with Crippen LogP contribution in [0.2, 0.25) is 10.6 Å². The molecule has 0 aliphatic carbocycles. The summed E-state index contributed by atoms with van der Waals surface area (Å²) in [6.45, 7) is 19.0. The molecule has 0 aromatic rings. The van der Waals surface area contributed by atoms with Crippen LogP contribution in [0, 0.1) is 22.7 Å². The van der Waals surface area contributed by atoms with E-state index in [-0.39, 0.29) is 0 Å². The molecule has 0 saturated heterocycles. The minimum atomic E-state index is 0.510. The van der Waals surface area contributed by atoms with Crippen LogP contribution in [0.5, 0.6) is 0 Å². The molecule has 0 amide bonds. The Balaban J connectivity index is 3.70. The van der Waals surface area contributed by atoms with Crippen molar-refractivity contribution >= 4 is 15.2 Å². The molecule has 17 heavy (non-hydrogen) atoms. The van der Waals surface area contributed by atoms with Gasteiger partial charge in [-0.05, 0) is 0 Å². The normalized spacial score (nSPS) is 16.5. The molecule has 0 aromatic heterocycles. The van der Waals surface area contributed by atoms with E-state index >= 15 is 0 Å². The monoisotopic (exact) mass is 253 g/mol. The van der Waals surface area contributed by atoms with E-state index in [4.69, 9.17) is 0 Å². The zero-order valence-corrected chi connectivity index (χ0v) is 14.7. The second-order valence-corrected chi connectivity index (χ2v) is 10.0. The van der Waals surface area contributed by atoms with Gasteiger partial charge in [0, 0.05) is 0 Å². The van der Waals surface area contributed by atoms with Gasteiger partial charge in [-0.25, -0.2) is 0 Å². The molecule has 0 radical (unpaired) electrons. The zero-order valence-electron chi connectivity index (χ0n) is 13.6. The van der Waals surface area contributed by atoms with Crippen LogP contribution in [0.1, 0.15) is 68.2 Å². The van der Waals surface area contributed by atoms with E-state index in [1.165, 1.54) is 23.4 Å². The molecular formula is C16H34Al+. The summed E-state index contributed by atoms with van der Waals surface area (Å²) < 4.78 is 0. The Kier molecular flexibility index (Phi) is 7.43. The van der Waals surface area contributed by atoms with Crippen molar-refractivity contribution < 1.29 is 0 Å². The molecule has 0 rings (SSSR count). The van der Waals surface area contributed by atoms with Crippen LogP contribution in [0.25, 0.3) is 0 Å². The van der Waals surface area contributed by atoms with Crippen LogP contribution < -0.4 is 0 Å². The molecule has 2 unspecified atom stereocenters. The van der Waals surface area contributed by atoms with E-state index in [1.54, 1.807) is 0 Å². The molecule has 100 valence electrons. The molecule has 0 spiro atoms. The van der Waals surface area contributed by atoms with Crippen LogP contribution in [0.3, 0.4) is 0 Å². The Morgan fingerprint density at radius 3 is 1.24 bits per heavy atom. The first kappa shape index (κ1) is 17.5. The Morgan fingerprint density at radius 1 is 0.706 bits per heavy atom. The van der Waals surface area contributed by atoms with Gasteiger partial charge >= 0.3 is 117 Å². The Hall–Kier alpha value is 0.532. The first-order valence-electron chi connectivity index (χ1n) is 7.31. The van der Waals surface area contributed by atoms with Crippen molar-refractivity contribution in [3.8, 4) is 0 Å². The molecule has 2 atom stereocenters. The number of rotatable bonds is 6. The van der Waals surface area contributed by atoms with E-state index in [0.29, 0.717) is 26.0 Å². The molecule has 0 aromatic carbocycles. The standard InChI is InChI=1S/2C8H17.Al/c2*1-7(2)6-8(3,4)5;/h2*7H,1,6H2,2-5H3;/q;;+1. The summed E-state index contributed by atoms with van der Waals surface area (Å²) >= 11 is 0.672. The van der Waals surface area contributed by atoms with Gasteiger partial charge in [-0.2, -0.15) is 0 Å². The summed E-state index contributed by atoms with van der Waals surface area (Å²) in [6, 6.07) is 0. The van der Waals surface area contributed by atoms with Crippen molar-refractivity contribution in [2.24, 2.45) is 22.7 Å². The summed E-state index contributed by atoms with van der Waals surface area (Å²) in [7, 11) is 0. The van der Waals surface area contributed by atoms with Gasteiger partial charge in [-0.3, -0.25) is 0 Å². The second kappa shape index (κ2) is 7.20. The average Bonchev–Trinajstić information content (AvgIpc) is 1.95. The fourth-order valence-corrected chi connectivity index (χ4v) is 4.59. The summed E-state index contributed by atoms with van der Waals surface area (Å²) in [6.07, 6.45) is 2.77. The van der Waals surface area contributed by atoms with Crippen LogP contribution in [-0.2, 0) is 0 Å². The second-order valence-electron chi connectivity index (χ2n) is 8.50. The third-order valence-corrected chi connectivity index (χ3v) is 5.34. The molecule has 0 N–H and O–H groups in total. The molecule has 0 aliphatic heterocycles. The summed E-state index contributed by atoms with van der Waals surface area (Å²) in [4.78, 5) is 0. The van der Waals surface area contributed by atoms with Crippen molar-refractivity contribution in [2.45, 2.75) is 78.8 Å². The predicted molar refractivity (Wildman–Crippen MR) is 81.8 cm³/mol. The first-order chi connectivity index (χ1) is 7.49. The van der Waals surface area contributed by atoms with E-state index < -0.39 is 0 Å². The van der Waals surface area contributed by atoms with Gasteiger partial charge in [0.1, 0.15) is 0 Å². The molecule has 0 aliphatic rings. The molecule has 0 nitrogen and oxygen atoms in total.